The number of nitrogens with two attached hydrogens (primary N) is 1. The highest BCUT2D eigenvalue weighted by Gasteiger charge is 2.32. The van der Waals surface area contributed by atoms with Gasteiger partial charge >= 0.3 is 0 Å². The molecule has 0 saturated carbocycles. The standard InChI is InChI=1S/C13H27N3O2/c1-4-13(5-2,10-14)15-12(17)11-9-16(6-3)7-8-18-11/h11H,4-10,14H2,1-3H3,(H,15,17). The molecule has 106 valence electrons. The zero-order valence-electron chi connectivity index (χ0n) is 11.9. The summed E-state index contributed by atoms with van der Waals surface area (Å²) in [7, 11) is 0. The number of rotatable bonds is 6. The van der Waals surface area contributed by atoms with Gasteiger partial charge < -0.3 is 15.8 Å². The first-order chi connectivity index (χ1) is 8.60. The van der Waals surface area contributed by atoms with Crippen molar-refractivity contribution in [3.05, 3.63) is 0 Å². The van der Waals surface area contributed by atoms with E-state index in [1.165, 1.54) is 0 Å². The Morgan fingerprint density at radius 3 is 2.61 bits per heavy atom. The van der Waals surface area contributed by atoms with Gasteiger partial charge in [-0.05, 0) is 19.4 Å². The molecule has 0 radical (unpaired) electrons. The fourth-order valence-electron chi connectivity index (χ4n) is 2.26. The second kappa shape index (κ2) is 7.07. The van der Waals surface area contributed by atoms with Crippen molar-refractivity contribution in [2.24, 2.45) is 5.73 Å². The smallest absolute Gasteiger partial charge is 0.250 e. The number of hydrogen-bond acceptors (Lipinski definition) is 4. The molecule has 0 bridgehead atoms. The van der Waals surface area contributed by atoms with Crippen molar-refractivity contribution in [1.82, 2.24) is 10.2 Å². The molecule has 1 heterocycles. The van der Waals surface area contributed by atoms with Crippen molar-refractivity contribution in [3.63, 3.8) is 0 Å². The van der Waals surface area contributed by atoms with E-state index >= 15 is 0 Å². The van der Waals surface area contributed by atoms with Crippen LogP contribution in [0.4, 0.5) is 0 Å². The van der Waals surface area contributed by atoms with E-state index in [2.05, 4.69) is 31.0 Å². The van der Waals surface area contributed by atoms with Gasteiger partial charge in [0.2, 0.25) is 0 Å². The number of carbonyl (C=O) groups excluding carboxylic acids is 1. The largest absolute Gasteiger partial charge is 0.366 e. The molecule has 18 heavy (non-hydrogen) atoms. The average Bonchev–Trinajstić information content (AvgIpc) is 2.44. The van der Waals surface area contributed by atoms with Gasteiger partial charge in [0.25, 0.3) is 5.91 Å². The molecule has 0 aromatic carbocycles. The summed E-state index contributed by atoms with van der Waals surface area (Å²) in [5, 5.41) is 3.08. The van der Waals surface area contributed by atoms with Gasteiger partial charge in [-0.1, -0.05) is 20.8 Å². The van der Waals surface area contributed by atoms with Crippen molar-refractivity contribution in [2.45, 2.75) is 45.3 Å². The van der Waals surface area contributed by atoms with Crippen LogP contribution in [0.15, 0.2) is 0 Å². The minimum atomic E-state index is -0.359. The molecule has 1 saturated heterocycles. The molecule has 1 aliphatic rings. The van der Waals surface area contributed by atoms with E-state index in [9.17, 15) is 4.79 Å². The maximum absolute atomic E-state index is 12.2. The molecular formula is C13H27N3O2. The number of hydrogen-bond donors (Lipinski definition) is 2. The van der Waals surface area contributed by atoms with Gasteiger partial charge in [0, 0.05) is 19.6 Å². The highest BCUT2D eigenvalue weighted by molar-refractivity contribution is 5.82. The van der Waals surface area contributed by atoms with E-state index in [1.807, 2.05) is 0 Å². The Labute approximate surface area is 110 Å². The monoisotopic (exact) mass is 257 g/mol. The lowest BCUT2D eigenvalue weighted by molar-refractivity contribution is -0.140. The summed E-state index contributed by atoms with van der Waals surface area (Å²) in [6.45, 7) is 9.84. The van der Waals surface area contributed by atoms with Gasteiger partial charge in [-0.3, -0.25) is 9.69 Å². The number of ether oxygens (including phenoxy) is 1. The topological polar surface area (TPSA) is 67.6 Å². The lowest BCUT2D eigenvalue weighted by Crippen LogP contribution is -2.58. The zero-order valence-corrected chi connectivity index (χ0v) is 11.9. The normalized spacial score (nSPS) is 21.9. The highest BCUT2D eigenvalue weighted by Crippen LogP contribution is 2.15. The molecule has 5 heteroatoms. The van der Waals surface area contributed by atoms with Crippen LogP contribution in [0, 0.1) is 0 Å². The minimum Gasteiger partial charge on any atom is -0.366 e. The second-order valence-electron chi connectivity index (χ2n) is 4.93. The fraction of sp³-hybridized carbons (Fsp3) is 0.923. The predicted octanol–water partition coefficient (Wildman–Crippen LogP) is 0.341. The van der Waals surface area contributed by atoms with Gasteiger partial charge in [-0.25, -0.2) is 0 Å². The number of nitrogens with zero attached hydrogens (tertiary/aromatic N) is 1. The van der Waals surface area contributed by atoms with Crippen LogP contribution in [0.5, 0.6) is 0 Å². The summed E-state index contributed by atoms with van der Waals surface area (Å²) in [6, 6.07) is 0. The molecule has 1 rings (SSSR count). The third-order valence-electron chi connectivity index (χ3n) is 4.02. The molecule has 0 aromatic heterocycles. The van der Waals surface area contributed by atoms with Crippen LogP contribution in [-0.2, 0) is 9.53 Å². The molecule has 0 aromatic rings. The summed E-state index contributed by atoms with van der Waals surface area (Å²) in [5.41, 5.74) is 5.51. The summed E-state index contributed by atoms with van der Waals surface area (Å²) >= 11 is 0. The summed E-state index contributed by atoms with van der Waals surface area (Å²) in [6.07, 6.45) is 1.33. The van der Waals surface area contributed by atoms with E-state index in [0.29, 0.717) is 19.7 Å². The quantitative estimate of drug-likeness (QED) is 0.720. The van der Waals surface area contributed by atoms with E-state index in [1.54, 1.807) is 0 Å². The number of carbonyl (C=O) groups is 1. The van der Waals surface area contributed by atoms with Crippen molar-refractivity contribution < 1.29 is 9.53 Å². The zero-order chi connectivity index (χ0) is 13.6. The molecule has 5 nitrogen and oxygen atoms in total. The molecule has 0 aliphatic carbocycles. The lowest BCUT2D eigenvalue weighted by Gasteiger charge is -2.36. The molecular weight excluding hydrogens is 230 g/mol. The lowest BCUT2D eigenvalue weighted by atomic mass is 9.92. The van der Waals surface area contributed by atoms with Crippen molar-refractivity contribution in [1.29, 1.82) is 0 Å². The first-order valence-electron chi connectivity index (χ1n) is 6.96. The van der Waals surface area contributed by atoms with Crippen LogP contribution in [0.2, 0.25) is 0 Å². The Morgan fingerprint density at radius 1 is 1.44 bits per heavy atom. The molecule has 0 spiro atoms. The molecule has 1 fully saturated rings. The summed E-state index contributed by atoms with van der Waals surface area (Å²) in [5.74, 6) is -0.0256. The van der Waals surface area contributed by atoms with Crippen LogP contribution in [0.25, 0.3) is 0 Å². The third-order valence-corrected chi connectivity index (χ3v) is 4.02. The number of likely N-dealkylation sites (N-methyl/N-ethyl adjacent to an activating group) is 1. The fourth-order valence-corrected chi connectivity index (χ4v) is 2.26. The van der Waals surface area contributed by atoms with Gasteiger partial charge in [0.15, 0.2) is 0 Å². The Morgan fingerprint density at radius 2 is 2.11 bits per heavy atom. The number of morpholine rings is 1. The first-order valence-corrected chi connectivity index (χ1v) is 6.96. The van der Waals surface area contributed by atoms with Crippen LogP contribution in [0.1, 0.15) is 33.6 Å². The van der Waals surface area contributed by atoms with E-state index < -0.39 is 0 Å². The number of nitrogens with one attached hydrogen (secondary N) is 1. The van der Waals surface area contributed by atoms with E-state index in [4.69, 9.17) is 10.5 Å². The SMILES string of the molecule is CCN1CCOC(C(=O)NC(CC)(CC)CN)C1. The summed E-state index contributed by atoms with van der Waals surface area (Å²) in [4.78, 5) is 14.5. The Bertz CT molecular complexity index is 259. The minimum absolute atomic E-state index is 0.0256. The van der Waals surface area contributed by atoms with E-state index in [-0.39, 0.29) is 17.6 Å². The van der Waals surface area contributed by atoms with Gasteiger partial charge in [0.1, 0.15) is 6.10 Å². The van der Waals surface area contributed by atoms with Gasteiger partial charge in [0.05, 0.1) is 12.1 Å². The first kappa shape index (κ1) is 15.4. The maximum Gasteiger partial charge on any atom is 0.250 e. The predicted molar refractivity (Wildman–Crippen MR) is 72.4 cm³/mol. The maximum atomic E-state index is 12.2. The summed E-state index contributed by atoms with van der Waals surface area (Å²) < 4.78 is 5.56. The Kier molecular flexibility index (Phi) is 6.05. The third kappa shape index (κ3) is 3.67. The molecule has 3 N–H and O–H groups in total. The van der Waals surface area contributed by atoms with Gasteiger partial charge in [-0.15, -0.1) is 0 Å². The van der Waals surface area contributed by atoms with Gasteiger partial charge in [-0.2, -0.15) is 0 Å². The Hall–Kier alpha value is -0.650. The average molecular weight is 257 g/mol. The van der Waals surface area contributed by atoms with Crippen molar-refractivity contribution in [2.75, 3.05) is 32.8 Å². The van der Waals surface area contributed by atoms with Crippen molar-refractivity contribution in [3.8, 4) is 0 Å². The number of amides is 1. The molecule has 1 unspecified atom stereocenters. The highest BCUT2D eigenvalue weighted by atomic mass is 16.5. The molecule has 1 aliphatic heterocycles. The second-order valence-corrected chi connectivity index (χ2v) is 4.93. The van der Waals surface area contributed by atoms with Crippen molar-refractivity contribution >= 4 is 5.91 Å². The van der Waals surface area contributed by atoms with Crippen LogP contribution >= 0.6 is 0 Å². The van der Waals surface area contributed by atoms with Crippen LogP contribution in [0.3, 0.4) is 0 Å². The Balaban J connectivity index is 2.58. The van der Waals surface area contributed by atoms with E-state index in [0.717, 1.165) is 25.9 Å². The van der Waals surface area contributed by atoms with Crippen LogP contribution in [-0.4, -0.2) is 55.2 Å². The molecule has 1 atom stereocenters. The van der Waals surface area contributed by atoms with Crippen LogP contribution < -0.4 is 11.1 Å². The molecule has 1 amide bonds.